The van der Waals surface area contributed by atoms with E-state index in [0.29, 0.717) is 28.5 Å². The minimum Gasteiger partial charge on any atom is -0.490 e. The van der Waals surface area contributed by atoms with Gasteiger partial charge in [-0.15, -0.1) is 11.3 Å². The second kappa shape index (κ2) is 8.83. The van der Waals surface area contributed by atoms with Gasteiger partial charge in [-0.25, -0.2) is 9.98 Å². The highest BCUT2D eigenvalue weighted by atomic mass is 32.1. The number of para-hydroxylation sites is 1. The van der Waals surface area contributed by atoms with E-state index in [4.69, 9.17) is 9.15 Å². The van der Waals surface area contributed by atoms with Gasteiger partial charge in [0.2, 0.25) is 5.55 Å². The predicted molar refractivity (Wildman–Crippen MR) is 114 cm³/mol. The van der Waals surface area contributed by atoms with Crippen molar-refractivity contribution < 1.29 is 27.1 Å². The first-order valence-electron chi connectivity index (χ1n) is 9.47. The third-order valence-corrected chi connectivity index (χ3v) is 5.03. The normalized spacial score (nSPS) is 12.2. The highest BCUT2D eigenvalue weighted by molar-refractivity contribution is 7.13. The average Bonchev–Trinajstić information content (AvgIpc) is 3.26. The van der Waals surface area contributed by atoms with E-state index in [-0.39, 0.29) is 16.8 Å². The Morgan fingerprint density at radius 3 is 2.75 bits per heavy atom. The van der Waals surface area contributed by atoms with Crippen LogP contribution in [0.2, 0.25) is 0 Å². The molecule has 1 N–H and O–H groups in total. The molecule has 0 spiro atoms. The first-order chi connectivity index (χ1) is 15.3. The first kappa shape index (κ1) is 21.6. The van der Waals surface area contributed by atoms with E-state index >= 15 is 0 Å². The fourth-order valence-electron chi connectivity index (χ4n) is 2.96. The zero-order valence-electron chi connectivity index (χ0n) is 16.6. The minimum absolute atomic E-state index is 0.0138. The Hall–Kier alpha value is -3.66. The van der Waals surface area contributed by atoms with Crippen molar-refractivity contribution in [3.8, 4) is 5.75 Å². The summed E-state index contributed by atoms with van der Waals surface area (Å²) >= 11 is 1.22. The van der Waals surface area contributed by atoms with Crippen molar-refractivity contribution in [2.75, 3.05) is 11.9 Å². The lowest BCUT2D eigenvalue weighted by Gasteiger charge is -2.09. The van der Waals surface area contributed by atoms with Crippen molar-refractivity contribution in [3.05, 3.63) is 76.8 Å². The van der Waals surface area contributed by atoms with Gasteiger partial charge in [0.1, 0.15) is 5.56 Å². The number of aromatic nitrogens is 1. The molecule has 0 saturated carbocycles. The molecule has 2 heterocycles. The Kier molecular flexibility index (Phi) is 5.95. The van der Waals surface area contributed by atoms with Gasteiger partial charge in [-0.1, -0.05) is 18.2 Å². The number of hydrogen-bond acceptors (Lipinski definition) is 6. The van der Waals surface area contributed by atoms with Gasteiger partial charge >= 0.3 is 6.18 Å². The maximum atomic E-state index is 13.1. The molecule has 1 amide bonds. The van der Waals surface area contributed by atoms with E-state index in [1.807, 2.05) is 6.92 Å². The van der Waals surface area contributed by atoms with Gasteiger partial charge in [-0.3, -0.25) is 10.1 Å². The summed E-state index contributed by atoms with van der Waals surface area (Å²) in [5.41, 5.74) is -0.661. The maximum absolute atomic E-state index is 13.1. The number of halogens is 3. The molecule has 0 aliphatic carbocycles. The second-order valence-electron chi connectivity index (χ2n) is 6.52. The Bertz CT molecular complexity index is 1330. The molecule has 2 aromatic heterocycles. The van der Waals surface area contributed by atoms with Crippen molar-refractivity contribution in [3.63, 3.8) is 0 Å². The van der Waals surface area contributed by atoms with Gasteiger partial charge in [0.05, 0.1) is 17.9 Å². The molecule has 2 aromatic carbocycles. The zero-order chi connectivity index (χ0) is 22.7. The van der Waals surface area contributed by atoms with Crippen molar-refractivity contribution >= 4 is 39.0 Å². The number of carbonyl (C=O) groups excluding carboxylic acids is 1. The van der Waals surface area contributed by atoms with Crippen molar-refractivity contribution in [2.24, 2.45) is 4.99 Å². The van der Waals surface area contributed by atoms with Crippen LogP contribution in [-0.4, -0.2) is 17.5 Å². The number of hydrogen-bond donors (Lipinski definition) is 1. The predicted octanol–water partition coefficient (Wildman–Crippen LogP) is 5.79. The first-order valence-corrected chi connectivity index (χ1v) is 10.4. The van der Waals surface area contributed by atoms with Crippen LogP contribution in [0.4, 0.5) is 24.0 Å². The van der Waals surface area contributed by atoms with Crippen molar-refractivity contribution in [1.29, 1.82) is 0 Å². The summed E-state index contributed by atoms with van der Waals surface area (Å²) in [7, 11) is 0. The lowest BCUT2D eigenvalue weighted by molar-refractivity contribution is -0.137. The second-order valence-corrected chi connectivity index (χ2v) is 7.42. The maximum Gasteiger partial charge on any atom is 0.416 e. The van der Waals surface area contributed by atoms with E-state index in [9.17, 15) is 18.0 Å². The highest BCUT2D eigenvalue weighted by Crippen LogP contribution is 2.31. The van der Waals surface area contributed by atoms with Crippen LogP contribution in [0.3, 0.4) is 0 Å². The molecular formula is C22H16F3N3O3S. The van der Waals surface area contributed by atoms with Crippen molar-refractivity contribution in [1.82, 2.24) is 4.98 Å². The van der Waals surface area contributed by atoms with Crippen LogP contribution in [0, 0.1) is 0 Å². The van der Waals surface area contributed by atoms with Crippen LogP contribution >= 0.6 is 11.3 Å². The smallest absolute Gasteiger partial charge is 0.416 e. The van der Waals surface area contributed by atoms with E-state index in [1.165, 1.54) is 29.7 Å². The summed E-state index contributed by atoms with van der Waals surface area (Å²) in [5, 5.41) is 5.28. The molecule has 164 valence electrons. The topological polar surface area (TPSA) is 76.7 Å². The van der Waals surface area contributed by atoms with Gasteiger partial charge < -0.3 is 9.15 Å². The van der Waals surface area contributed by atoms with E-state index < -0.39 is 17.6 Å². The Balaban J connectivity index is 1.90. The average molecular weight is 459 g/mol. The fraction of sp³-hybridized carbons (Fsp3) is 0.136. The lowest BCUT2D eigenvalue weighted by atomic mass is 10.1. The van der Waals surface area contributed by atoms with Gasteiger partial charge in [0.25, 0.3) is 5.91 Å². The number of nitrogens with one attached hydrogen (secondary N) is 1. The molecule has 0 unspecified atom stereocenters. The number of alkyl halides is 3. The van der Waals surface area contributed by atoms with Crippen LogP contribution in [0.5, 0.6) is 5.75 Å². The fourth-order valence-corrected chi connectivity index (χ4v) is 3.48. The molecule has 0 bridgehead atoms. The number of fused-ring (bicyclic) bond motifs is 1. The monoisotopic (exact) mass is 459 g/mol. The molecule has 0 atom stereocenters. The van der Waals surface area contributed by atoms with Crippen LogP contribution in [0.15, 0.2) is 69.5 Å². The Morgan fingerprint density at radius 1 is 1.22 bits per heavy atom. The summed E-state index contributed by atoms with van der Waals surface area (Å²) in [4.78, 5) is 21.2. The lowest BCUT2D eigenvalue weighted by Crippen LogP contribution is -2.21. The molecule has 0 fully saturated rings. The molecule has 0 aliphatic rings. The molecule has 32 heavy (non-hydrogen) atoms. The molecular weight excluding hydrogens is 443 g/mol. The van der Waals surface area contributed by atoms with Crippen LogP contribution in [0.1, 0.15) is 22.8 Å². The summed E-state index contributed by atoms with van der Waals surface area (Å²) in [5.74, 6) is -0.129. The number of thiazole rings is 1. The Morgan fingerprint density at radius 2 is 2.03 bits per heavy atom. The third-order valence-electron chi connectivity index (χ3n) is 4.34. The molecule has 4 aromatic rings. The third kappa shape index (κ3) is 4.65. The largest absolute Gasteiger partial charge is 0.490 e. The molecule has 6 nitrogen and oxygen atoms in total. The number of amides is 1. The number of nitrogens with zero attached hydrogens (tertiary/aromatic N) is 2. The van der Waals surface area contributed by atoms with Crippen LogP contribution in [-0.2, 0) is 6.18 Å². The Labute approximate surface area is 184 Å². The highest BCUT2D eigenvalue weighted by Gasteiger charge is 2.30. The standard InChI is InChI=1S/C22H16F3N3O3S/c1-2-30-17-8-3-5-13-11-16(19(29)28-21-26-9-10-32-21)20(31-18(13)17)27-15-7-4-6-14(12-15)22(23,24)25/h3-12H,2H2,1H3,(H,26,28,29). The SMILES string of the molecule is CCOc1cccc2cc(C(=O)Nc3nccs3)c(=Nc3cccc(C(F)(F)F)c3)oc12. The van der Waals surface area contributed by atoms with Gasteiger partial charge in [-0.2, -0.15) is 13.2 Å². The zero-order valence-corrected chi connectivity index (χ0v) is 17.5. The molecule has 0 saturated heterocycles. The van der Waals surface area contributed by atoms with Gasteiger partial charge in [0, 0.05) is 17.0 Å². The molecule has 0 aliphatic heterocycles. The quantitative estimate of drug-likeness (QED) is 0.410. The molecule has 4 rings (SSSR count). The molecule has 0 radical (unpaired) electrons. The van der Waals surface area contributed by atoms with Crippen LogP contribution in [0.25, 0.3) is 11.0 Å². The molecule has 10 heteroatoms. The summed E-state index contributed by atoms with van der Waals surface area (Å²) < 4.78 is 50.8. The number of rotatable bonds is 5. The van der Waals surface area contributed by atoms with Crippen LogP contribution < -0.4 is 15.6 Å². The van der Waals surface area contributed by atoms with Gasteiger partial charge in [0.15, 0.2) is 16.5 Å². The van der Waals surface area contributed by atoms with E-state index in [2.05, 4.69) is 15.3 Å². The minimum atomic E-state index is -4.53. The number of carbonyl (C=O) groups is 1. The number of anilines is 1. The number of ether oxygens (including phenoxy) is 1. The van der Waals surface area contributed by atoms with Gasteiger partial charge in [-0.05, 0) is 37.3 Å². The van der Waals surface area contributed by atoms with E-state index in [1.54, 1.807) is 29.6 Å². The number of benzene rings is 2. The summed E-state index contributed by atoms with van der Waals surface area (Å²) in [6.07, 6.45) is -2.99. The van der Waals surface area contributed by atoms with E-state index in [0.717, 1.165) is 12.1 Å². The summed E-state index contributed by atoms with van der Waals surface area (Å²) in [6, 6.07) is 11.2. The summed E-state index contributed by atoms with van der Waals surface area (Å²) in [6.45, 7) is 2.18. The van der Waals surface area contributed by atoms with Crippen molar-refractivity contribution in [2.45, 2.75) is 13.1 Å².